The third-order valence-electron chi connectivity index (χ3n) is 8.38. The van der Waals surface area contributed by atoms with Gasteiger partial charge in [-0.15, -0.1) is 0 Å². The van der Waals surface area contributed by atoms with E-state index in [1.54, 1.807) is 50.2 Å². The molecule has 58 heavy (non-hydrogen) atoms. The van der Waals surface area contributed by atoms with Crippen LogP contribution in [0.4, 0.5) is 38.9 Å². The average Bonchev–Trinajstić information content (AvgIpc) is 3.12. The van der Waals surface area contributed by atoms with Crippen molar-refractivity contribution in [3.8, 4) is 0 Å². The van der Waals surface area contributed by atoms with Crippen LogP contribution < -0.4 is 10.6 Å². The molecule has 0 aliphatic rings. The fraction of sp³-hybridized carbons (Fsp3) is 0.0571. The van der Waals surface area contributed by atoms with Crippen LogP contribution in [0.1, 0.15) is 11.1 Å². The highest BCUT2D eigenvalue weighted by atomic mass is 32.2. The van der Waals surface area contributed by atoms with Crippen LogP contribution in [0.15, 0.2) is 137 Å². The molecule has 0 radical (unpaired) electrons. The van der Waals surface area contributed by atoms with E-state index in [1.807, 2.05) is 0 Å². The van der Waals surface area contributed by atoms with Crippen molar-refractivity contribution in [3.05, 3.63) is 108 Å². The second-order valence-corrected chi connectivity index (χ2v) is 18.2. The molecule has 300 valence electrons. The van der Waals surface area contributed by atoms with Crippen LogP contribution in [0.5, 0.6) is 0 Å². The van der Waals surface area contributed by atoms with E-state index in [1.165, 1.54) is 36.4 Å². The molecule has 6 rings (SSSR count). The van der Waals surface area contributed by atoms with E-state index in [9.17, 15) is 56.7 Å². The fourth-order valence-electron chi connectivity index (χ4n) is 5.63. The molecular weight excluding hydrogens is 841 g/mol. The Bertz CT molecular complexity index is 3010. The number of hydrogen-bond donors (Lipinski definition) is 6. The maximum atomic E-state index is 12.9. The molecule has 6 aromatic carbocycles. The minimum absolute atomic E-state index is 0.0644. The molecule has 23 heteroatoms. The summed E-state index contributed by atoms with van der Waals surface area (Å²) in [4.78, 5) is 9.97. The van der Waals surface area contributed by atoms with Gasteiger partial charge in [-0.05, 0) is 121 Å². The van der Waals surface area contributed by atoms with Crippen LogP contribution in [0, 0.1) is 13.8 Å². The Kier molecular flexibility index (Phi) is 11.0. The fourth-order valence-corrected chi connectivity index (χ4v) is 8.32. The van der Waals surface area contributed by atoms with Gasteiger partial charge in [0.1, 0.15) is 9.79 Å². The first-order valence-corrected chi connectivity index (χ1v) is 21.9. The molecule has 0 fully saturated rings. The topological polar surface area (TPSA) is 308 Å². The van der Waals surface area contributed by atoms with Crippen molar-refractivity contribution in [2.75, 3.05) is 10.6 Å². The lowest BCUT2D eigenvalue weighted by Crippen LogP contribution is -2.20. The Hall–Kier alpha value is -6.05. The van der Waals surface area contributed by atoms with Gasteiger partial charge < -0.3 is 10.6 Å². The van der Waals surface area contributed by atoms with E-state index in [4.69, 9.17) is 0 Å². The smallest absolute Gasteiger partial charge is 0.307 e. The van der Waals surface area contributed by atoms with Gasteiger partial charge in [0.15, 0.2) is 0 Å². The van der Waals surface area contributed by atoms with Crippen LogP contribution in [-0.2, 0) is 40.5 Å². The third-order valence-corrected chi connectivity index (χ3v) is 11.8. The van der Waals surface area contributed by atoms with E-state index in [-0.39, 0.29) is 32.9 Å². The zero-order chi connectivity index (χ0) is 42.4. The van der Waals surface area contributed by atoms with Crippen molar-refractivity contribution >= 4 is 102 Å². The van der Waals surface area contributed by atoms with Gasteiger partial charge in [-0.25, -0.2) is 4.79 Å². The average molecular weight is 869 g/mol. The van der Waals surface area contributed by atoms with Crippen molar-refractivity contribution in [1.82, 2.24) is 0 Å². The van der Waals surface area contributed by atoms with E-state index in [0.29, 0.717) is 46.0 Å². The second kappa shape index (κ2) is 15.4. The molecule has 6 aromatic rings. The van der Waals surface area contributed by atoms with E-state index >= 15 is 0 Å². The molecule has 0 atom stereocenters. The summed E-state index contributed by atoms with van der Waals surface area (Å²) in [5, 5.41) is 22.0. The summed E-state index contributed by atoms with van der Waals surface area (Å²) in [5.41, 5.74) is 3.08. The van der Waals surface area contributed by atoms with Crippen LogP contribution in [0.2, 0.25) is 0 Å². The van der Waals surface area contributed by atoms with E-state index in [2.05, 4.69) is 31.1 Å². The standard InChI is InChI=1S/C35H28N6O13S4/c1-19-11-23(38-40-25-5-3-21-13-27(55(43,44)45)17-33(29(21)15-25)57(49,50)51)7-9-31(19)36-35(42)37-32-10-8-24(12-20(32)2)39-41-26-6-4-22-14-28(56(46,47)48)18-34(30(22)16-26)58(52,53)54/h3-18H,1-2H3,(H2,36,37,42)(H,43,44,45)(H,46,47,48)(H,49,50,51)(H,52,53,54). The summed E-state index contributed by atoms with van der Waals surface area (Å²) < 4.78 is 133. The van der Waals surface area contributed by atoms with Crippen molar-refractivity contribution < 1.29 is 56.7 Å². The number of carbonyl (C=O) groups excluding carboxylic acids is 1. The molecule has 0 unspecified atom stereocenters. The number of amides is 2. The second-order valence-electron chi connectivity index (χ2n) is 12.5. The highest BCUT2D eigenvalue weighted by molar-refractivity contribution is 7.87. The van der Waals surface area contributed by atoms with Gasteiger partial charge in [-0.1, -0.05) is 12.1 Å². The molecule has 6 N–H and O–H groups in total. The Morgan fingerprint density at radius 2 is 0.776 bits per heavy atom. The molecule has 0 aliphatic carbocycles. The minimum Gasteiger partial charge on any atom is -0.307 e. The highest BCUT2D eigenvalue weighted by Gasteiger charge is 2.22. The first kappa shape index (κ1) is 41.6. The number of urea groups is 1. The van der Waals surface area contributed by atoms with Gasteiger partial charge in [0.05, 0.1) is 32.5 Å². The Morgan fingerprint density at radius 1 is 0.448 bits per heavy atom. The lowest BCUT2D eigenvalue weighted by atomic mass is 10.1. The van der Waals surface area contributed by atoms with Crippen LogP contribution in [0.3, 0.4) is 0 Å². The first-order valence-electron chi connectivity index (χ1n) is 16.1. The summed E-state index contributed by atoms with van der Waals surface area (Å²) >= 11 is 0. The number of fused-ring (bicyclic) bond motifs is 2. The number of carbonyl (C=O) groups is 1. The number of hydrogen-bond acceptors (Lipinski definition) is 13. The quantitative estimate of drug-likeness (QED) is 0.0561. The number of anilines is 2. The third kappa shape index (κ3) is 9.55. The van der Waals surface area contributed by atoms with Crippen molar-refractivity contribution in [1.29, 1.82) is 0 Å². The van der Waals surface area contributed by atoms with Gasteiger partial charge in [0.25, 0.3) is 40.5 Å². The largest absolute Gasteiger partial charge is 0.323 e. The summed E-state index contributed by atoms with van der Waals surface area (Å²) in [6, 6.07) is 20.3. The van der Waals surface area contributed by atoms with Crippen molar-refractivity contribution in [2.24, 2.45) is 20.5 Å². The van der Waals surface area contributed by atoms with Gasteiger partial charge in [0, 0.05) is 22.1 Å². The van der Waals surface area contributed by atoms with Gasteiger partial charge in [-0.2, -0.15) is 54.1 Å². The zero-order valence-electron chi connectivity index (χ0n) is 29.6. The molecule has 0 aromatic heterocycles. The molecule has 19 nitrogen and oxygen atoms in total. The Morgan fingerprint density at radius 3 is 1.09 bits per heavy atom. The number of nitrogens with one attached hydrogen (secondary N) is 2. The molecule has 0 spiro atoms. The number of azo groups is 2. The maximum absolute atomic E-state index is 12.9. The minimum atomic E-state index is -4.90. The first-order chi connectivity index (χ1) is 27.0. The van der Waals surface area contributed by atoms with E-state index < -0.39 is 66.1 Å². The lowest BCUT2D eigenvalue weighted by molar-refractivity contribution is 0.262. The maximum Gasteiger partial charge on any atom is 0.323 e. The number of aryl methyl sites for hydroxylation is 2. The van der Waals surface area contributed by atoms with Crippen molar-refractivity contribution in [3.63, 3.8) is 0 Å². The van der Waals surface area contributed by atoms with Gasteiger partial charge in [0.2, 0.25) is 0 Å². The summed E-state index contributed by atoms with van der Waals surface area (Å²) in [6.45, 7) is 3.41. The summed E-state index contributed by atoms with van der Waals surface area (Å²) in [6.07, 6.45) is 0. The molecule has 0 aliphatic heterocycles. The Labute approximate surface area is 330 Å². The van der Waals surface area contributed by atoms with Crippen LogP contribution in [-0.4, -0.2) is 57.9 Å². The molecular formula is C35H28N6O13S4. The molecule has 0 heterocycles. The predicted octanol–water partition coefficient (Wildman–Crippen LogP) is 8.07. The molecule has 0 saturated carbocycles. The number of nitrogens with zero attached hydrogens (tertiary/aromatic N) is 4. The normalized spacial score (nSPS) is 12.8. The molecule has 0 bridgehead atoms. The van der Waals surface area contributed by atoms with E-state index in [0.717, 1.165) is 12.1 Å². The van der Waals surface area contributed by atoms with Gasteiger partial charge >= 0.3 is 6.03 Å². The SMILES string of the molecule is Cc1cc(N=Nc2ccc3cc(S(=O)(=O)O)cc(S(=O)(=O)O)c3c2)ccc1NC(=O)Nc1ccc(N=Nc2ccc3cc(S(=O)(=O)O)cc(S(=O)(=O)O)c3c2)cc1C. The Balaban J connectivity index is 1.13. The molecule has 0 saturated heterocycles. The van der Waals surface area contributed by atoms with Crippen LogP contribution >= 0.6 is 0 Å². The summed E-state index contributed by atoms with van der Waals surface area (Å²) in [5.74, 6) is 0. The zero-order valence-corrected chi connectivity index (χ0v) is 32.9. The number of benzene rings is 6. The summed E-state index contributed by atoms with van der Waals surface area (Å²) in [7, 11) is -19.4. The monoisotopic (exact) mass is 868 g/mol. The number of rotatable bonds is 10. The van der Waals surface area contributed by atoms with Crippen molar-refractivity contribution in [2.45, 2.75) is 33.4 Å². The highest BCUT2D eigenvalue weighted by Crippen LogP contribution is 2.34. The van der Waals surface area contributed by atoms with Gasteiger partial charge in [-0.3, -0.25) is 18.2 Å². The molecule has 2 amide bonds. The predicted molar refractivity (Wildman–Crippen MR) is 211 cm³/mol. The lowest BCUT2D eigenvalue weighted by Gasteiger charge is -2.12. The van der Waals surface area contributed by atoms with Crippen LogP contribution in [0.25, 0.3) is 21.5 Å².